The lowest BCUT2D eigenvalue weighted by atomic mass is 10.2. The lowest BCUT2D eigenvalue weighted by molar-refractivity contribution is -0.137. The van der Waals surface area contributed by atoms with Gasteiger partial charge in [0.05, 0.1) is 29.2 Å². The highest BCUT2D eigenvalue weighted by Gasteiger charge is 2.30. The molecule has 182 valence electrons. The first-order chi connectivity index (χ1) is 16.6. The average Bonchev–Trinajstić information content (AvgIpc) is 3.39. The third kappa shape index (κ3) is 5.65. The number of nitrogens with zero attached hydrogens (tertiary/aromatic N) is 4. The second-order valence-corrected chi connectivity index (χ2v) is 8.20. The number of carbonyl (C=O) groups excluding carboxylic acids is 1. The van der Waals surface area contributed by atoms with Crippen molar-refractivity contribution < 1.29 is 22.7 Å². The van der Waals surface area contributed by atoms with Crippen molar-refractivity contribution in [2.45, 2.75) is 33.3 Å². The van der Waals surface area contributed by atoms with Gasteiger partial charge in [-0.15, -0.1) is 0 Å². The molecule has 4 rings (SSSR count). The molecule has 0 atom stereocenters. The Balaban J connectivity index is 1.41. The van der Waals surface area contributed by atoms with Crippen LogP contribution in [0.15, 0.2) is 60.8 Å². The number of nitrogens with one attached hydrogen (secondary N) is 1. The van der Waals surface area contributed by atoms with Crippen LogP contribution in [-0.4, -0.2) is 25.5 Å². The van der Waals surface area contributed by atoms with Gasteiger partial charge in [-0.2, -0.15) is 23.4 Å². The Hall–Kier alpha value is -3.79. The number of rotatable bonds is 7. The molecule has 0 bridgehead atoms. The minimum absolute atomic E-state index is 0.0403. The molecule has 2 heterocycles. The van der Waals surface area contributed by atoms with Gasteiger partial charge in [0, 0.05) is 11.2 Å². The second kappa shape index (κ2) is 9.83. The van der Waals surface area contributed by atoms with Crippen LogP contribution in [0, 0.1) is 13.8 Å². The Morgan fingerprint density at radius 2 is 1.86 bits per heavy atom. The normalized spacial score (nSPS) is 11.5. The van der Waals surface area contributed by atoms with Gasteiger partial charge in [0.2, 0.25) is 0 Å². The summed E-state index contributed by atoms with van der Waals surface area (Å²) in [6.45, 7) is 3.91. The summed E-state index contributed by atoms with van der Waals surface area (Å²) in [5, 5.41) is 12.1. The quantitative estimate of drug-likeness (QED) is 0.351. The summed E-state index contributed by atoms with van der Waals surface area (Å²) < 4.78 is 47.0. The SMILES string of the molecule is Cc1nn(Cc2ccccc2Cl)c(C)c1NC(=O)c1ccn(COc2cccc(C(F)(F)F)c2)n1. The Labute approximate surface area is 204 Å². The molecule has 1 N–H and O–H groups in total. The Morgan fingerprint density at radius 1 is 1.09 bits per heavy atom. The molecule has 35 heavy (non-hydrogen) atoms. The van der Waals surface area contributed by atoms with E-state index in [9.17, 15) is 18.0 Å². The van der Waals surface area contributed by atoms with Crippen molar-refractivity contribution in [2.24, 2.45) is 0 Å². The number of hydrogen-bond acceptors (Lipinski definition) is 4. The zero-order chi connectivity index (χ0) is 25.2. The minimum Gasteiger partial charge on any atom is -0.471 e. The molecule has 0 saturated heterocycles. The molecule has 0 aliphatic heterocycles. The van der Waals surface area contributed by atoms with Crippen molar-refractivity contribution >= 4 is 23.2 Å². The monoisotopic (exact) mass is 503 g/mol. The van der Waals surface area contributed by atoms with Crippen molar-refractivity contribution in [1.82, 2.24) is 19.6 Å². The van der Waals surface area contributed by atoms with Crippen LogP contribution in [0.25, 0.3) is 0 Å². The van der Waals surface area contributed by atoms with Gasteiger partial charge < -0.3 is 10.1 Å². The number of hydrogen-bond donors (Lipinski definition) is 1. The van der Waals surface area contributed by atoms with Gasteiger partial charge in [0.1, 0.15) is 5.75 Å². The molecule has 11 heteroatoms. The fourth-order valence-electron chi connectivity index (χ4n) is 3.45. The number of halogens is 4. The summed E-state index contributed by atoms with van der Waals surface area (Å²) in [4.78, 5) is 12.8. The minimum atomic E-state index is -4.46. The molecule has 7 nitrogen and oxygen atoms in total. The highest BCUT2D eigenvalue weighted by molar-refractivity contribution is 6.31. The van der Waals surface area contributed by atoms with Crippen LogP contribution < -0.4 is 10.1 Å². The van der Waals surface area contributed by atoms with Crippen LogP contribution in [0.3, 0.4) is 0 Å². The largest absolute Gasteiger partial charge is 0.471 e. The van der Waals surface area contributed by atoms with Crippen molar-refractivity contribution in [1.29, 1.82) is 0 Å². The molecular formula is C24H21ClF3N5O2. The van der Waals surface area contributed by atoms with E-state index in [0.717, 1.165) is 23.4 Å². The third-order valence-corrected chi connectivity index (χ3v) is 5.66. The van der Waals surface area contributed by atoms with Crippen LogP contribution in [0.1, 0.15) is 33.0 Å². The first-order valence-corrected chi connectivity index (χ1v) is 10.9. The summed E-state index contributed by atoms with van der Waals surface area (Å²) >= 11 is 6.25. The third-order valence-electron chi connectivity index (χ3n) is 5.30. The van der Waals surface area contributed by atoms with Gasteiger partial charge in [0.15, 0.2) is 12.4 Å². The summed E-state index contributed by atoms with van der Waals surface area (Å²) in [5.74, 6) is -0.412. The molecule has 0 unspecified atom stereocenters. The smallest absolute Gasteiger partial charge is 0.416 e. The number of benzene rings is 2. The number of alkyl halides is 3. The van der Waals surface area contributed by atoms with Crippen molar-refractivity contribution in [3.05, 3.63) is 94.0 Å². The number of aryl methyl sites for hydroxylation is 1. The summed E-state index contributed by atoms with van der Waals surface area (Å²) in [6, 6.07) is 13.5. The maximum Gasteiger partial charge on any atom is 0.416 e. The summed E-state index contributed by atoms with van der Waals surface area (Å²) in [7, 11) is 0. The molecule has 4 aromatic rings. The lowest BCUT2D eigenvalue weighted by Crippen LogP contribution is -2.15. The molecule has 0 fully saturated rings. The van der Waals surface area contributed by atoms with E-state index in [-0.39, 0.29) is 18.2 Å². The van der Waals surface area contributed by atoms with E-state index in [1.54, 1.807) is 17.7 Å². The number of amides is 1. The summed E-state index contributed by atoms with van der Waals surface area (Å²) in [5.41, 5.74) is 2.17. The van der Waals surface area contributed by atoms with Gasteiger partial charge in [-0.05, 0) is 49.7 Å². The zero-order valence-electron chi connectivity index (χ0n) is 18.8. The molecule has 1 amide bonds. The van der Waals surface area contributed by atoms with Crippen LogP contribution in [0.4, 0.5) is 18.9 Å². The number of aromatic nitrogens is 4. The standard InChI is InChI=1S/C24H21ClF3N5O2/c1-15-22(16(2)33(30-15)13-17-6-3-4-9-20(17)25)29-23(34)21-10-11-32(31-21)14-35-19-8-5-7-18(12-19)24(26,27)28/h3-12H,13-14H2,1-2H3,(H,29,34). The zero-order valence-corrected chi connectivity index (χ0v) is 19.6. The van der Waals surface area contributed by atoms with Gasteiger partial charge >= 0.3 is 6.18 Å². The van der Waals surface area contributed by atoms with E-state index in [2.05, 4.69) is 15.5 Å². The lowest BCUT2D eigenvalue weighted by Gasteiger charge is -2.10. The predicted octanol–water partition coefficient (Wildman–Crippen LogP) is 5.71. The molecule has 2 aromatic carbocycles. The average molecular weight is 504 g/mol. The maximum atomic E-state index is 12.9. The van der Waals surface area contributed by atoms with Crippen LogP contribution >= 0.6 is 11.6 Å². The van der Waals surface area contributed by atoms with E-state index in [0.29, 0.717) is 22.9 Å². The number of anilines is 1. The fraction of sp³-hybridized carbons (Fsp3) is 0.208. The van der Waals surface area contributed by atoms with Crippen molar-refractivity contribution in [3.63, 3.8) is 0 Å². The molecule has 0 radical (unpaired) electrons. The topological polar surface area (TPSA) is 74.0 Å². The Morgan fingerprint density at radius 3 is 2.60 bits per heavy atom. The van der Waals surface area contributed by atoms with Crippen LogP contribution in [0.5, 0.6) is 5.75 Å². The number of ether oxygens (including phenoxy) is 1. The van der Waals surface area contributed by atoms with E-state index in [1.165, 1.54) is 29.1 Å². The molecule has 2 aromatic heterocycles. The maximum absolute atomic E-state index is 12.9. The molecule has 0 aliphatic rings. The fourth-order valence-corrected chi connectivity index (χ4v) is 3.65. The number of carbonyl (C=O) groups is 1. The Bertz CT molecular complexity index is 1360. The van der Waals surface area contributed by atoms with E-state index in [4.69, 9.17) is 16.3 Å². The predicted molar refractivity (Wildman–Crippen MR) is 125 cm³/mol. The van der Waals surface area contributed by atoms with Crippen LogP contribution in [-0.2, 0) is 19.5 Å². The van der Waals surface area contributed by atoms with Gasteiger partial charge in [-0.25, -0.2) is 4.68 Å². The first kappa shape index (κ1) is 24.3. The molecular weight excluding hydrogens is 483 g/mol. The van der Waals surface area contributed by atoms with Crippen molar-refractivity contribution in [3.8, 4) is 5.75 Å². The van der Waals surface area contributed by atoms with Crippen LogP contribution in [0.2, 0.25) is 5.02 Å². The van der Waals surface area contributed by atoms with Gasteiger partial charge in [-0.3, -0.25) is 9.48 Å². The first-order valence-electron chi connectivity index (χ1n) is 10.5. The summed E-state index contributed by atoms with van der Waals surface area (Å²) in [6.07, 6.45) is -2.96. The van der Waals surface area contributed by atoms with E-state index in [1.807, 2.05) is 25.1 Å². The van der Waals surface area contributed by atoms with Crippen molar-refractivity contribution in [2.75, 3.05) is 5.32 Å². The second-order valence-electron chi connectivity index (χ2n) is 7.79. The highest BCUT2D eigenvalue weighted by Crippen LogP contribution is 2.31. The molecule has 0 saturated carbocycles. The van der Waals surface area contributed by atoms with E-state index >= 15 is 0 Å². The highest BCUT2D eigenvalue weighted by atomic mass is 35.5. The van der Waals surface area contributed by atoms with Gasteiger partial charge in [0.25, 0.3) is 5.91 Å². The molecule has 0 aliphatic carbocycles. The van der Waals surface area contributed by atoms with Gasteiger partial charge in [-0.1, -0.05) is 35.9 Å². The Kier molecular flexibility index (Phi) is 6.83. The molecule has 0 spiro atoms. The van der Waals surface area contributed by atoms with E-state index < -0.39 is 17.6 Å².